The number of nitrogens with two attached hydrogens (primary N) is 1. The molecule has 1 atom stereocenters. The van der Waals surface area contributed by atoms with Gasteiger partial charge in [-0.1, -0.05) is 34.1 Å². The molecule has 112 valence electrons. The maximum Gasteiger partial charge on any atom is 0.417 e. The van der Waals surface area contributed by atoms with Gasteiger partial charge < -0.3 is 5.73 Å². The van der Waals surface area contributed by atoms with Gasteiger partial charge in [0.15, 0.2) is 11.6 Å². The predicted molar refractivity (Wildman–Crippen MR) is 71.5 cm³/mol. The molecule has 0 aliphatic carbocycles. The summed E-state index contributed by atoms with van der Waals surface area (Å²) in [6, 6.07) is 5.52. The Bertz CT molecular complexity index is 669. The van der Waals surface area contributed by atoms with Gasteiger partial charge in [0.1, 0.15) is 0 Å². The van der Waals surface area contributed by atoms with E-state index >= 15 is 0 Å². The Labute approximate surface area is 125 Å². The first-order valence-corrected chi connectivity index (χ1v) is 6.57. The summed E-state index contributed by atoms with van der Waals surface area (Å²) >= 11 is 2.80. The van der Waals surface area contributed by atoms with Crippen LogP contribution in [0.2, 0.25) is 0 Å². The summed E-state index contributed by atoms with van der Waals surface area (Å²) in [6.45, 7) is 0. The zero-order valence-electron chi connectivity index (χ0n) is 10.4. The predicted octanol–water partition coefficient (Wildman–Crippen LogP) is 4.79. The monoisotopic (exact) mass is 365 g/mol. The summed E-state index contributed by atoms with van der Waals surface area (Å²) in [6.07, 6.45) is -4.57. The van der Waals surface area contributed by atoms with Crippen LogP contribution in [0.5, 0.6) is 0 Å². The average molecular weight is 366 g/mol. The van der Waals surface area contributed by atoms with Gasteiger partial charge in [0.25, 0.3) is 0 Å². The Balaban J connectivity index is 2.49. The van der Waals surface area contributed by atoms with Crippen LogP contribution in [0.4, 0.5) is 22.0 Å². The SMILES string of the molecule is NC(c1ccc(Br)c(C(F)(F)F)c1)c1cccc(F)c1F. The summed E-state index contributed by atoms with van der Waals surface area (Å²) < 4.78 is 65.2. The van der Waals surface area contributed by atoms with E-state index in [9.17, 15) is 22.0 Å². The smallest absolute Gasteiger partial charge is 0.320 e. The van der Waals surface area contributed by atoms with Gasteiger partial charge >= 0.3 is 6.18 Å². The molecule has 0 amide bonds. The molecule has 0 bridgehead atoms. The molecule has 0 saturated carbocycles. The Morgan fingerprint density at radius 2 is 1.71 bits per heavy atom. The average Bonchev–Trinajstić information content (AvgIpc) is 2.40. The highest BCUT2D eigenvalue weighted by Gasteiger charge is 2.33. The third-order valence-corrected chi connectivity index (χ3v) is 3.66. The van der Waals surface area contributed by atoms with Crippen LogP contribution in [0.25, 0.3) is 0 Å². The second kappa shape index (κ2) is 5.73. The van der Waals surface area contributed by atoms with Gasteiger partial charge in [0.2, 0.25) is 0 Å². The van der Waals surface area contributed by atoms with Crippen molar-refractivity contribution >= 4 is 15.9 Å². The first-order valence-electron chi connectivity index (χ1n) is 5.78. The lowest BCUT2D eigenvalue weighted by Gasteiger charge is -2.17. The van der Waals surface area contributed by atoms with Gasteiger partial charge in [-0.25, -0.2) is 8.78 Å². The summed E-state index contributed by atoms with van der Waals surface area (Å²) in [4.78, 5) is 0. The van der Waals surface area contributed by atoms with Crippen LogP contribution in [0, 0.1) is 11.6 Å². The standard InChI is InChI=1S/C14H9BrF5N/c15-10-5-4-7(6-9(10)14(18,19)20)13(21)8-2-1-3-11(16)12(8)17/h1-6,13H,21H2. The second-order valence-electron chi connectivity index (χ2n) is 4.36. The molecular weight excluding hydrogens is 357 g/mol. The van der Waals surface area contributed by atoms with Crippen molar-refractivity contribution in [2.24, 2.45) is 5.73 Å². The van der Waals surface area contributed by atoms with Crippen molar-refractivity contribution < 1.29 is 22.0 Å². The van der Waals surface area contributed by atoms with E-state index in [4.69, 9.17) is 5.73 Å². The van der Waals surface area contributed by atoms with Crippen molar-refractivity contribution in [1.29, 1.82) is 0 Å². The lowest BCUT2D eigenvalue weighted by atomic mass is 9.97. The van der Waals surface area contributed by atoms with Crippen molar-refractivity contribution in [1.82, 2.24) is 0 Å². The van der Waals surface area contributed by atoms with E-state index in [0.29, 0.717) is 0 Å². The van der Waals surface area contributed by atoms with Gasteiger partial charge in [0, 0.05) is 10.0 Å². The zero-order valence-corrected chi connectivity index (χ0v) is 12.0. The minimum atomic E-state index is -4.57. The molecule has 0 heterocycles. The molecule has 0 aliphatic heterocycles. The molecule has 0 radical (unpaired) electrons. The van der Waals surface area contributed by atoms with E-state index < -0.39 is 29.4 Å². The largest absolute Gasteiger partial charge is 0.417 e. The van der Waals surface area contributed by atoms with E-state index in [2.05, 4.69) is 15.9 Å². The fourth-order valence-corrected chi connectivity index (χ4v) is 2.37. The highest BCUT2D eigenvalue weighted by molar-refractivity contribution is 9.10. The van der Waals surface area contributed by atoms with Gasteiger partial charge in [-0.2, -0.15) is 13.2 Å². The second-order valence-corrected chi connectivity index (χ2v) is 5.21. The first kappa shape index (κ1) is 15.9. The van der Waals surface area contributed by atoms with Crippen molar-refractivity contribution in [2.75, 3.05) is 0 Å². The first-order chi connectivity index (χ1) is 9.71. The van der Waals surface area contributed by atoms with Gasteiger partial charge in [-0.05, 0) is 23.8 Å². The quantitative estimate of drug-likeness (QED) is 0.760. The lowest BCUT2D eigenvalue weighted by molar-refractivity contribution is -0.138. The molecular formula is C14H9BrF5N. The molecule has 2 rings (SSSR count). The molecule has 1 nitrogen and oxygen atoms in total. The molecule has 0 aliphatic rings. The van der Waals surface area contributed by atoms with E-state index in [0.717, 1.165) is 12.1 Å². The lowest BCUT2D eigenvalue weighted by Crippen LogP contribution is -2.16. The number of benzene rings is 2. The summed E-state index contributed by atoms with van der Waals surface area (Å²) in [5.74, 6) is -2.27. The van der Waals surface area contributed by atoms with Crippen LogP contribution < -0.4 is 5.73 Å². The van der Waals surface area contributed by atoms with Crippen LogP contribution in [0.3, 0.4) is 0 Å². The minimum absolute atomic E-state index is 0.0371. The highest BCUT2D eigenvalue weighted by Crippen LogP contribution is 2.37. The molecule has 0 spiro atoms. The third-order valence-electron chi connectivity index (χ3n) is 2.97. The summed E-state index contributed by atoms with van der Waals surface area (Å²) in [7, 11) is 0. The maximum absolute atomic E-state index is 13.7. The van der Waals surface area contributed by atoms with E-state index in [1.54, 1.807) is 0 Å². The van der Waals surface area contributed by atoms with E-state index in [1.165, 1.54) is 24.3 Å². The third kappa shape index (κ3) is 3.24. The molecule has 0 saturated heterocycles. The Morgan fingerprint density at radius 3 is 2.33 bits per heavy atom. The minimum Gasteiger partial charge on any atom is -0.320 e. The van der Waals surface area contributed by atoms with Gasteiger partial charge in [-0.15, -0.1) is 0 Å². The Morgan fingerprint density at radius 1 is 1.05 bits per heavy atom. The van der Waals surface area contributed by atoms with E-state index in [1.807, 2.05) is 0 Å². The molecule has 7 heteroatoms. The number of halogens is 6. The fraction of sp³-hybridized carbons (Fsp3) is 0.143. The molecule has 0 aromatic heterocycles. The van der Waals surface area contributed by atoms with Crippen LogP contribution in [0.15, 0.2) is 40.9 Å². The Hall–Kier alpha value is -1.47. The number of alkyl halides is 3. The number of hydrogen-bond acceptors (Lipinski definition) is 1. The van der Waals surface area contributed by atoms with Crippen LogP contribution in [-0.4, -0.2) is 0 Å². The molecule has 2 aromatic rings. The fourth-order valence-electron chi connectivity index (χ4n) is 1.89. The Kier molecular flexibility index (Phi) is 4.34. The molecule has 0 fully saturated rings. The molecule has 1 unspecified atom stereocenters. The molecule has 2 aromatic carbocycles. The van der Waals surface area contributed by atoms with E-state index in [-0.39, 0.29) is 15.6 Å². The summed E-state index contributed by atoms with van der Waals surface area (Å²) in [5.41, 5.74) is 4.67. The molecule has 2 N–H and O–H groups in total. The van der Waals surface area contributed by atoms with Crippen molar-refractivity contribution in [2.45, 2.75) is 12.2 Å². The normalized spacial score (nSPS) is 13.3. The highest BCUT2D eigenvalue weighted by atomic mass is 79.9. The molecule has 21 heavy (non-hydrogen) atoms. The van der Waals surface area contributed by atoms with Crippen LogP contribution >= 0.6 is 15.9 Å². The van der Waals surface area contributed by atoms with Crippen molar-refractivity contribution in [3.8, 4) is 0 Å². The number of rotatable bonds is 2. The topological polar surface area (TPSA) is 26.0 Å². The van der Waals surface area contributed by atoms with Gasteiger partial charge in [0.05, 0.1) is 11.6 Å². The summed E-state index contributed by atoms with van der Waals surface area (Å²) in [5, 5.41) is 0. The van der Waals surface area contributed by atoms with Crippen molar-refractivity contribution in [3.05, 3.63) is 69.2 Å². The van der Waals surface area contributed by atoms with Crippen molar-refractivity contribution in [3.63, 3.8) is 0 Å². The van der Waals surface area contributed by atoms with Crippen LogP contribution in [0.1, 0.15) is 22.7 Å². The van der Waals surface area contributed by atoms with Gasteiger partial charge in [-0.3, -0.25) is 0 Å². The number of hydrogen-bond donors (Lipinski definition) is 1. The maximum atomic E-state index is 13.7. The van der Waals surface area contributed by atoms with Crippen LogP contribution in [-0.2, 0) is 6.18 Å². The zero-order chi connectivity index (χ0) is 15.8.